The van der Waals surface area contributed by atoms with Gasteiger partial charge in [-0.3, -0.25) is 0 Å². The molecule has 1 aromatic carbocycles. The van der Waals surface area contributed by atoms with Crippen LogP contribution in [0.4, 0.5) is 0 Å². The van der Waals surface area contributed by atoms with Crippen molar-refractivity contribution in [2.24, 2.45) is 5.73 Å². The van der Waals surface area contributed by atoms with Crippen LogP contribution in [0, 0.1) is 11.8 Å². The Morgan fingerprint density at radius 2 is 2.14 bits per heavy atom. The molecule has 6 heteroatoms. The minimum Gasteiger partial charge on any atom is -0.383 e. The summed E-state index contributed by atoms with van der Waals surface area (Å²) < 4.78 is 31.9. The molecule has 0 aromatic heterocycles. The van der Waals surface area contributed by atoms with Gasteiger partial charge in [-0.05, 0) is 25.1 Å². The number of methoxy groups -OCH3 is 1. The first-order valence-electron chi connectivity index (χ1n) is 6.77. The zero-order valence-electron chi connectivity index (χ0n) is 12.7. The lowest BCUT2D eigenvalue weighted by Gasteiger charge is -2.26. The Labute approximate surface area is 127 Å². The van der Waals surface area contributed by atoms with Crippen molar-refractivity contribution in [1.82, 2.24) is 4.31 Å². The molecule has 0 fully saturated rings. The van der Waals surface area contributed by atoms with Gasteiger partial charge in [0.05, 0.1) is 18.0 Å². The number of ether oxygens (including phenoxy) is 1. The molecule has 0 saturated heterocycles. The minimum atomic E-state index is -3.57. The molecule has 0 aliphatic rings. The van der Waals surface area contributed by atoms with Crippen molar-refractivity contribution in [2.75, 3.05) is 26.8 Å². The first-order chi connectivity index (χ1) is 9.97. The van der Waals surface area contributed by atoms with Gasteiger partial charge in [0.15, 0.2) is 0 Å². The first kappa shape index (κ1) is 17.7. The van der Waals surface area contributed by atoms with Crippen molar-refractivity contribution >= 4 is 10.0 Å². The zero-order valence-corrected chi connectivity index (χ0v) is 13.5. The van der Waals surface area contributed by atoms with Crippen LogP contribution in [0.3, 0.4) is 0 Å². The molecule has 0 heterocycles. The van der Waals surface area contributed by atoms with Crippen molar-refractivity contribution in [3.8, 4) is 11.8 Å². The van der Waals surface area contributed by atoms with Crippen LogP contribution in [-0.2, 0) is 14.8 Å². The summed E-state index contributed by atoms with van der Waals surface area (Å²) in [4.78, 5) is 0.233. The Kier molecular flexibility index (Phi) is 6.85. The summed E-state index contributed by atoms with van der Waals surface area (Å²) in [5.74, 6) is 5.56. The second-order valence-corrected chi connectivity index (χ2v) is 6.44. The standard InChI is InChI=1S/C15H22N2O3S/c1-4-17(13(2)12-20-3)21(18,19)15-9-5-7-14(11-15)8-6-10-16/h5,7,9,11,13H,4,10,12,16H2,1-3H3. The fraction of sp³-hybridized carbons (Fsp3) is 0.467. The van der Waals surface area contributed by atoms with Gasteiger partial charge in [-0.25, -0.2) is 8.42 Å². The Bertz CT molecular complexity index is 617. The average molecular weight is 310 g/mol. The smallest absolute Gasteiger partial charge is 0.243 e. The summed E-state index contributed by atoms with van der Waals surface area (Å²) in [6.07, 6.45) is 0. The third kappa shape index (κ3) is 4.55. The third-order valence-corrected chi connectivity index (χ3v) is 5.07. The maximum atomic E-state index is 12.7. The first-order valence-corrected chi connectivity index (χ1v) is 8.21. The number of rotatable bonds is 6. The molecule has 1 unspecified atom stereocenters. The Morgan fingerprint density at radius 1 is 1.43 bits per heavy atom. The van der Waals surface area contributed by atoms with E-state index in [2.05, 4.69) is 11.8 Å². The predicted molar refractivity (Wildman–Crippen MR) is 83.3 cm³/mol. The summed E-state index contributed by atoms with van der Waals surface area (Å²) in [5, 5.41) is 0. The monoisotopic (exact) mass is 310 g/mol. The maximum absolute atomic E-state index is 12.7. The van der Waals surface area contributed by atoms with Crippen LogP contribution in [0.15, 0.2) is 29.2 Å². The topological polar surface area (TPSA) is 72.6 Å². The van der Waals surface area contributed by atoms with E-state index in [1.54, 1.807) is 31.4 Å². The van der Waals surface area contributed by atoms with Crippen LogP contribution in [-0.4, -0.2) is 45.6 Å². The van der Waals surface area contributed by atoms with Crippen LogP contribution in [0.2, 0.25) is 0 Å². The number of likely N-dealkylation sites (N-methyl/N-ethyl adjacent to an activating group) is 1. The lowest BCUT2D eigenvalue weighted by atomic mass is 10.2. The van der Waals surface area contributed by atoms with Gasteiger partial charge in [0.1, 0.15) is 0 Å². The van der Waals surface area contributed by atoms with E-state index >= 15 is 0 Å². The predicted octanol–water partition coefficient (Wildman–Crippen LogP) is 1.04. The van der Waals surface area contributed by atoms with E-state index in [1.807, 2.05) is 13.8 Å². The van der Waals surface area contributed by atoms with Gasteiger partial charge in [-0.15, -0.1) is 0 Å². The summed E-state index contributed by atoms with van der Waals surface area (Å²) in [5.41, 5.74) is 5.97. The van der Waals surface area contributed by atoms with E-state index < -0.39 is 10.0 Å². The van der Waals surface area contributed by atoms with Gasteiger partial charge in [0.2, 0.25) is 10.0 Å². The largest absolute Gasteiger partial charge is 0.383 e. The SMILES string of the molecule is CCN(C(C)COC)S(=O)(=O)c1cccc(C#CCN)c1. The minimum absolute atomic E-state index is 0.233. The normalized spacial score (nSPS) is 12.8. The number of hydrogen-bond acceptors (Lipinski definition) is 4. The highest BCUT2D eigenvalue weighted by atomic mass is 32.2. The van der Waals surface area contributed by atoms with E-state index in [9.17, 15) is 8.42 Å². The lowest BCUT2D eigenvalue weighted by molar-refractivity contribution is 0.142. The van der Waals surface area contributed by atoms with Gasteiger partial charge in [-0.2, -0.15) is 4.31 Å². The van der Waals surface area contributed by atoms with Gasteiger partial charge >= 0.3 is 0 Å². The van der Waals surface area contributed by atoms with E-state index in [1.165, 1.54) is 4.31 Å². The lowest BCUT2D eigenvalue weighted by Crippen LogP contribution is -2.40. The van der Waals surface area contributed by atoms with E-state index in [-0.39, 0.29) is 17.5 Å². The molecule has 0 radical (unpaired) electrons. The van der Waals surface area contributed by atoms with Crippen molar-refractivity contribution in [3.63, 3.8) is 0 Å². The zero-order chi connectivity index (χ0) is 15.9. The van der Waals surface area contributed by atoms with E-state index in [0.717, 1.165) is 0 Å². The molecule has 0 saturated carbocycles. The number of benzene rings is 1. The van der Waals surface area contributed by atoms with Gasteiger partial charge < -0.3 is 10.5 Å². The maximum Gasteiger partial charge on any atom is 0.243 e. The molecule has 0 amide bonds. The molecular weight excluding hydrogens is 288 g/mol. The molecule has 1 rings (SSSR count). The van der Waals surface area contributed by atoms with Gasteiger partial charge in [-0.1, -0.05) is 24.8 Å². The highest BCUT2D eigenvalue weighted by molar-refractivity contribution is 7.89. The Hall–Kier alpha value is -1.39. The molecule has 116 valence electrons. The Balaban J connectivity index is 3.16. The molecule has 1 aromatic rings. The second-order valence-electron chi connectivity index (χ2n) is 4.55. The summed E-state index contributed by atoms with van der Waals surface area (Å²) in [7, 11) is -2.01. The van der Waals surface area contributed by atoms with E-state index in [0.29, 0.717) is 18.7 Å². The number of nitrogens with two attached hydrogens (primary N) is 1. The second kappa shape index (κ2) is 8.15. The van der Waals surface area contributed by atoms with Crippen LogP contribution in [0.25, 0.3) is 0 Å². The third-order valence-electron chi connectivity index (χ3n) is 2.99. The molecule has 0 aliphatic carbocycles. The average Bonchev–Trinajstić information content (AvgIpc) is 2.46. The van der Waals surface area contributed by atoms with E-state index in [4.69, 9.17) is 10.5 Å². The Morgan fingerprint density at radius 3 is 2.71 bits per heavy atom. The number of nitrogens with zero attached hydrogens (tertiary/aromatic N) is 1. The van der Waals surface area contributed by atoms with Crippen molar-refractivity contribution in [2.45, 2.75) is 24.8 Å². The molecule has 21 heavy (non-hydrogen) atoms. The highest BCUT2D eigenvalue weighted by Crippen LogP contribution is 2.19. The molecular formula is C15H22N2O3S. The van der Waals surface area contributed by atoms with Gasteiger partial charge in [0, 0.05) is 25.3 Å². The summed E-state index contributed by atoms with van der Waals surface area (Å²) in [6, 6.07) is 6.35. The fourth-order valence-corrected chi connectivity index (χ4v) is 3.74. The number of sulfonamides is 1. The number of hydrogen-bond donors (Lipinski definition) is 1. The van der Waals surface area contributed by atoms with Crippen LogP contribution >= 0.6 is 0 Å². The molecule has 5 nitrogen and oxygen atoms in total. The molecule has 2 N–H and O–H groups in total. The van der Waals surface area contributed by atoms with Crippen LogP contribution < -0.4 is 5.73 Å². The van der Waals surface area contributed by atoms with Crippen molar-refractivity contribution in [3.05, 3.63) is 29.8 Å². The molecule has 0 bridgehead atoms. The van der Waals surface area contributed by atoms with Crippen molar-refractivity contribution < 1.29 is 13.2 Å². The summed E-state index contributed by atoms with van der Waals surface area (Å²) in [6.45, 7) is 4.60. The van der Waals surface area contributed by atoms with Crippen LogP contribution in [0.1, 0.15) is 19.4 Å². The fourth-order valence-electron chi connectivity index (χ4n) is 2.07. The quantitative estimate of drug-likeness (QED) is 0.797. The summed E-state index contributed by atoms with van der Waals surface area (Å²) >= 11 is 0. The van der Waals surface area contributed by atoms with Crippen molar-refractivity contribution in [1.29, 1.82) is 0 Å². The molecule has 0 spiro atoms. The highest BCUT2D eigenvalue weighted by Gasteiger charge is 2.27. The van der Waals surface area contributed by atoms with Crippen LogP contribution in [0.5, 0.6) is 0 Å². The molecule has 0 aliphatic heterocycles. The van der Waals surface area contributed by atoms with Gasteiger partial charge in [0.25, 0.3) is 0 Å². The molecule has 1 atom stereocenters.